The first kappa shape index (κ1) is 17.3. The van der Waals surface area contributed by atoms with Crippen LogP contribution < -0.4 is 15.4 Å². The standard InChI is InChI=1S/C17H28N2O2/c1-6-7-13(4)18-17(20)14(5)19-15-8-10-16(11-9-15)21-12(2)3/h8-14,19H,6-7H2,1-5H3,(H,18,20). The minimum Gasteiger partial charge on any atom is -0.491 e. The maximum absolute atomic E-state index is 12.0. The third-order valence-electron chi connectivity index (χ3n) is 3.11. The summed E-state index contributed by atoms with van der Waals surface area (Å²) in [6, 6.07) is 7.63. The summed E-state index contributed by atoms with van der Waals surface area (Å²) in [5.74, 6) is 0.864. The molecule has 0 bridgehead atoms. The van der Waals surface area contributed by atoms with Crippen molar-refractivity contribution in [1.82, 2.24) is 5.32 Å². The van der Waals surface area contributed by atoms with Crippen molar-refractivity contribution in [2.45, 2.75) is 65.6 Å². The molecule has 0 aliphatic heterocycles. The van der Waals surface area contributed by atoms with Crippen LogP contribution in [0.3, 0.4) is 0 Å². The van der Waals surface area contributed by atoms with Gasteiger partial charge in [-0.15, -0.1) is 0 Å². The van der Waals surface area contributed by atoms with Crippen molar-refractivity contribution in [3.8, 4) is 5.75 Å². The molecule has 1 aromatic carbocycles. The number of amides is 1. The molecular formula is C17H28N2O2. The van der Waals surface area contributed by atoms with Crippen LogP contribution in [0.5, 0.6) is 5.75 Å². The molecule has 2 unspecified atom stereocenters. The summed E-state index contributed by atoms with van der Waals surface area (Å²) >= 11 is 0. The highest BCUT2D eigenvalue weighted by molar-refractivity contribution is 5.84. The van der Waals surface area contributed by atoms with Gasteiger partial charge in [-0.25, -0.2) is 0 Å². The molecule has 2 atom stereocenters. The van der Waals surface area contributed by atoms with Crippen molar-refractivity contribution in [3.63, 3.8) is 0 Å². The van der Waals surface area contributed by atoms with Gasteiger partial charge in [0.05, 0.1) is 6.10 Å². The third-order valence-corrected chi connectivity index (χ3v) is 3.11. The van der Waals surface area contributed by atoms with Crippen molar-refractivity contribution in [3.05, 3.63) is 24.3 Å². The van der Waals surface area contributed by atoms with E-state index >= 15 is 0 Å². The molecule has 0 aromatic heterocycles. The largest absolute Gasteiger partial charge is 0.491 e. The van der Waals surface area contributed by atoms with E-state index in [2.05, 4.69) is 17.6 Å². The molecule has 1 aromatic rings. The Hall–Kier alpha value is -1.71. The zero-order chi connectivity index (χ0) is 15.8. The van der Waals surface area contributed by atoms with Gasteiger partial charge in [0.1, 0.15) is 11.8 Å². The van der Waals surface area contributed by atoms with Crippen LogP contribution in [-0.2, 0) is 4.79 Å². The van der Waals surface area contributed by atoms with Gasteiger partial charge in [-0.05, 0) is 58.4 Å². The van der Waals surface area contributed by atoms with E-state index < -0.39 is 0 Å². The summed E-state index contributed by atoms with van der Waals surface area (Å²) in [5.41, 5.74) is 0.914. The third kappa shape index (κ3) is 6.52. The number of hydrogen-bond acceptors (Lipinski definition) is 3. The molecule has 1 rings (SSSR count). The zero-order valence-electron chi connectivity index (χ0n) is 13.8. The van der Waals surface area contributed by atoms with Gasteiger partial charge < -0.3 is 15.4 Å². The first-order valence-electron chi connectivity index (χ1n) is 7.76. The number of carbonyl (C=O) groups excluding carboxylic acids is 1. The van der Waals surface area contributed by atoms with Crippen LogP contribution in [0.2, 0.25) is 0 Å². The molecule has 0 radical (unpaired) electrons. The highest BCUT2D eigenvalue weighted by atomic mass is 16.5. The topological polar surface area (TPSA) is 50.4 Å². The molecule has 21 heavy (non-hydrogen) atoms. The van der Waals surface area contributed by atoms with Gasteiger partial charge in [-0.2, -0.15) is 0 Å². The monoisotopic (exact) mass is 292 g/mol. The maximum atomic E-state index is 12.0. The molecule has 0 saturated heterocycles. The molecule has 118 valence electrons. The Balaban J connectivity index is 2.50. The van der Waals surface area contributed by atoms with Gasteiger partial charge in [0.2, 0.25) is 5.91 Å². The van der Waals surface area contributed by atoms with Crippen molar-refractivity contribution in [2.75, 3.05) is 5.32 Å². The molecule has 0 aliphatic carbocycles. The Morgan fingerprint density at radius 3 is 2.29 bits per heavy atom. The van der Waals surface area contributed by atoms with Gasteiger partial charge in [0.25, 0.3) is 0 Å². The fourth-order valence-corrected chi connectivity index (χ4v) is 2.09. The van der Waals surface area contributed by atoms with E-state index in [1.807, 2.05) is 52.0 Å². The van der Waals surface area contributed by atoms with E-state index in [4.69, 9.17) is 4.74 Å². The van der Waals surface area contributed by atoms with E-state index in [1.54, 1.807) is 0 Å². The number of carbonyl (C=O) groups is 1. The van der Waals surface area contributed by atoms with Crippen LogP contribution in [0.15, 0.2) is 24.3 Å². The van der Waals surface area contributed by atoms with Gasteiger partial charge >= 0.3 is 0 Å². The van der Waals surface area contributed by atoms with Crippen LogP contribution in [0.1, 0.15) is 47.5 Å². The zero-order valence-corrected chi connectivity index (χ0v) is 13.8. The number of nitrogens with one attached hydrogen (secondary N) is 2. The number of anilines is 1. The van der Waals surface area contributed by atoms with Gasteiger partial charge in [0.15, 0.2) is 0 Å². The van der Waals surface area contributed by atoms with Gasteiger partial charge in [0, 0.05) is 11.7 Å². The molecule has 2 N–H and O–H groups in total. The summed E-state index contributed by atoms with van der Waals surface area (Å²) in [6.07, 6.45) is 2.23. The molecule has 0 saturated carbocycles. The molecule has 4 nitrogen and oxygen atoms in total. The van der Waals surface area contributed by atoms with E-state index in [0.29, 0.717) is 0 Å². The van der Waals surface area contributed by atoms with Crippen LogP contribution in [0.25, 0.3) is 0 Å². The summed E-state index contributed by atoms with van der Waals surface area (Å²) < 4.78 is 5.59. The predicted octanol–water partition coefficient (Wildman–Crippen LogP) is 3.58. The summed E-state index contributed by atoms with van der Waals surface area (Å²) in [5, 5.41) is 6.21. The van der Waals surface area contributed by atoms with Crippen LogP contribution in [-0.4, -0.2) is 24.1 Å². The van der Waals surface area contributed by atoms with Crippen molar-refractivity contribution in [1.29, 1.82) is 0 Å². The predicted molar refractivity (Wildman–Crippen MR) is 87.8 cm³/mol. The molecular weight excluding hydrogens is 264 g/mol. The molecule has 0 spiro atoms. The van der Waals surface area contributed by atoms with Crippen molar-refractivity contribution < 1.29 is 9.53 Å². The van der Waals surface area contributed by atoms with E-state index in [-0.39, 0.29) is 24.1 Å². The minimum absolute atomic E-state index is 0.0263. The highest BCUT2D eigenvalue weighted by Crippen LogP contribution is 2.17. The normalized spacial score (nSPS) is 13.6. The summed E-state index contributed by atoms with van der Waals surface area (Å²) in [4.78, 5) is 12.0. The number of rotatable bonds is 8. The van der Waals surface area contributed by atoms with E-state index in [9.17, 15) is 4.79 Å². The Kier molecular flexibility index (Phi) is 7.06. The summed E-state index contributed by atoms with van der Waals surface area (Å²) in [7, 11) is 0. The van der Waals surface area contributed by atoms with E-state index in [1.165, 1.54) is 0 Å². The molecule has 0 fully saturated rings. The smallest absolute Gasteiger partial charge is 0.242 e. The number of ether oxygens (including phenoxy) is 1. The van der Waals surface area contributed by atoms with Gasteiger partial charge in [-0.3, -0.25) is 4.79 Å². The van der Waals surface area contributed by atoms with Crippen LogP contribution in [0, 0.1) is 0 Å². The average molecular weight is 292 g/mol. The second-order valence-corrected chi connectivity index (χ2v) is 5.76. The van der Waals surface area contributed by atoms with Crippen LogP contribution in [0.4, 0.5) is 5.69 Å². The summed E-state index contributed by atoms with van der Waals surface area (Å²) in [6.45, 7) is 10.0. The highest BCUT2D eigenvalue weighted by Gasteiger charge is 2.14. The van der Waals surface area contributed by atoms with Crippen LogP contribution >= 0.6 is 0 Å². The molecule has 1 amide bonds. The molecule has 0 aliphatic rings. The fraction of sp³-hybridized carbons (Fsp3) is 0.588. The SMILES string of the molecule is CCCC(C)NC(=O)C(C)Nc1ccc(OC(C)C)cc1. The quantitative estimate of drug-likeness (QED) is 0.770. The maximum Gasteiger partial charge on any atom is 0.242 e. The Bertz CT molecular complexity index is 429. The lowest BCUT2D eigenvalue weighted by Crippen LogP contribution is -2.42. The molecule has 0 heterocycles. The molecule has 4 heteroatoms. The Labute approximate surface area is 128 Å². The van der Waals surface area contributed by atoms with E-state index in [0.717, 1.165) is 24.3 Å². The lowest BCUT2D eigenvalue weighted by atomic mass is 10.2. The fourth-order valence-electron chi connectivity index (χ4n) is 2.09. The Morgan fingerprint density at radius 1 is 1.14 bits per heavy atom. The second-order valence-electron chi connectivity index (χ2n) is 5.76. The average Bonchev–Trinajstić information content (AvgIpc) is 2.40. The van der Waals surface area contributed by atoms with Gasteiger partial charge in [-0.1, -0.05) is 13.3 Å². The first-order valence-corrected chi connectivity index (χ1v) is 7.76. The lowest BCUT2D eigenvalue weighted by molar-refractivity contribution is -0.122. The van der Waals surface area contributed by atoms with Crippen molar-refractivity contribution >= 4 is 11.6 Å². The minimum atomic E-state index is -0.263. The first-order chi connectivity index (χ1) is 9.92. The number of benzene rings is 1. The number of hydrogen-bond donors (Lipinski definition) is 2. The van der Waals surface area contributed by atoms with Crippen molar-refractivity contribution in [2.24, 2.45) is 0 Å². The second kappa shape index (κ2) is 8.55. The Morgan fingerprint density at radius 2 is 1.76 bits per heavy atom. The lowest BCUT2D eigenvalue weighted by Gasteiger charge is -2.19.